The van der Waals surface area contributed by atoms with Crippen LogP contribution < -0.4 is 5.32 Å². The van der Waals surface area contributed by atoms with Gasteiger partial charge in [0.2, 0.25) is 0 Å². The van der Waals surface area contributed by atoms with Crippen molar-refractivity contribution in [3.8, 4) is 0 Å². The number of nitrogens with one attached hydrogen (secondary N) is 3. The van der Waals surface area contributed by atoms with Crippen LogP contribution in [0.2, 0.25) is 0 Å². The van der Waals surface area contributed by atoms with Gasteiger partial charge in [0.15, 0.2) is 0 Å². The molecule has 0 spiro atoms. The van der Waals surface area contributed by atoms with Crippen LogP contribution >= 0.6 is 0 Å². The second kappa shape index (κ2) is 4.37. The minimum atomic E-state index is -0.0840. The molecule has 5 nitrogen and oxygen atoms in total. The largest absolute Gasteiger partial charge is 0.367 e. The van der Waals surface area contributed by atoms with Gasteiger partial charge in [-0.05, 0) is 29.8 Å². The summed E-state index contributed by atoms with van der Waals surface area (Å²) in [4.78, 5) is 14.9. The number of nitrogens with zero attached hydrogens (tertiary/aromatic N) is 1. The van der Waals surface area contributed by atoms with Crippen molar-refractivity contribution in [1.29, 1.82) is 0 Å². The number of carbonyl (C=O) groups excluding carboxylic acids is 1. The lowest BCUT2D eigenvalue weighted by Crippen LogP contribution is -2.22. The number of fused-ring (bicyclic) bond motifs is 1. The van der Waals surface area contributed by atoms with Crippen LogP contribution in [0.1, 0.15) is 15.9 Å². The van der Waals surface area contributed by atoms with Crippen LogP contribution in [0.3, 0.4) is 0 Å². The number of amides is 1. The second-order valence-electron chi connectivity index (χ2n) is 4.07. The van der Waals surface area contributed by atoms with Gasteiger partial charge in [-0.1, -0.05) is 0 Å². The Hall–Kier alpha value is -2.56. The third-order valence-corrected chi connectivity index (χ3v) is 2.82. The Morgan fingerprint density at radius 1 is 1.33 bits per heavy atom. The molecule has 18 heavy (non-hydrogen) atoms. The molecule has 90 valence electrons. The van der Waals surface area contributed by atoms with Crippen LogP contribution in [0.5, 0.6) is 0 Å². The molecule has 3 rings (SSSR count). The molecule has 0 aliphatic heterocycles. The predicted octanol–water partition coefficient (Wildman–Crippen LogP) is 1.82. The highest BCUT2D eigenvalue weighted by Gasteiger charge is 2.06. The first-order valence-corrected chi connectivity index (χ1v) is 5.66. The molecule has 1 amide bonds. The SMILES string of the molecule is O=C(NCc1cc[nH]c1)c1ccc2[nH]ncc2c1. The molecule has 0 fully saturated rings. The fourth-order valence-electron chi connectivity index (χ4n) is 1.84. The zero-order valence-electron chi connectivity index (χ0n) is 9.60. The zero-order valence-corrected chi connectivity index (χ0v) is 9.60. The van der Waals surface area contributed by atoms with Gasteiger partial charge >= 0.3 is 0 Å². The van der Waals surface area contributed by atoms with E-state index in [0.717, 1.165) is 16.5 Å². The van der Waals surface area contributed by atoms with E-state index in [1.54, 1.807) is 12.3 Å². The van der Waals surface area contributed by atoms with Crippen LogP contribution in [-0.4, -0.2) is 21.1 Å². The monoisotopic (exact) mass is 240 g/mol. The van der Waals surface area contributed by atoms with Crippen LogP contribution in [0, 0.1) is 0 Å². The summed E-state index contributed by atoms with van der Waals surface area (Å²) < 4.78 is 0. The molecule has 0 radical (unpaired) electrons. The normalized spacial score (nSPS) is 10.7. The van der Waals surface area contributed by atoms with E-state index in [4.69, 9.17) is 0 Å². The van der Waals surface area contributed by atoms with Crippen molar-refractivity contribution in [2.75, 3.05) is 0 Å². The summed E-state index contributed by atoms with van der Waals surface area (Å²) in [6.07, 6.45) is 5.40. The topological polar surface area (TPSA) is 73.6 Å². The first-order chi connectivity index (χ1) is 8.83. The Balaban J connectivity index is 1.75. The number of aromatic amines is 2. The van der Waals surface area contributed by atoms with Crippen molar-refractivity contribution in [2.24, 2.45) is 0 Å². The van der Waals surface area contributed by atoms with E-state index in [0.29, 0.717) is 12.1 Å². The molecule has 2 aromatic heterocycles. The Kier molecular flexibility index (Phi) is 2.57. The highest BCUT2D eigenvalue weighted by atomic mass is 16.1. The molecule has 0 saturated heterocycles. The Morgan fingerprint density at radius 3 is 3.11 bits per heavy atom. The summed E-state index contributed by atoms with van der Waals surface area (Å²) in [7, 11) is 0. The Bertz CT molecular complexity index is 669. The highest BCUT2D eigenvalue weighted by molar-refractivity contribution is 5.97. The molecular weight excluding hydrogens is 228 g/mol. The summed E-state index contributed by atoms with van der Waals surface area (Å²) in [5.74, 6) is -0.0840. The molecule has 1 aromatic carbocycles. The minimum absolute atomic E-state index is 0.0840. The van der Waals surface area contributed by atoms with Gasteiger partial charge in [0.05, 0.1) is 11.7 Å². The van der Waals surface area contributed by atoms with Gasteiger partial charge in [0.25, 0.3) is 5.91 Å². The third-order valence-electron chi connectivity index (χ3n) is 2.82. The molecule has 0 aliphatic carbocycles. The van der Waals surface area contributed by atoms with E-state index >= 15 is 0 Å². The number of hydrogen-bond acceptors (Lipinski definition) is 2. The van der Waals surface area contributed by atoms with Crippen molar-refractivity contribution in [3.05, 3.63) is 54.0 Å². The maximum Gasteiger partial charge on any atom is 0.251 e. The van der Waals surface area contributed by atoms with Crippen LogP contribution in [0.15, 0.2) is 42.9 Å². The van der Waals surface area contributed by atoms with Gasteiger partial charge in [-0.15, -0.1) is 0 Å². The lowest BCUT2D eigenvalue weighted by atomic mass is 10.1. The highest BCUT2D eigenvalue weighted by Crippen LogP contribution is 2.12. The molecular formula is C13H12N4O. The second-order valence-corrected chi connectivity index (χ2v) is 4.07. The number of carbonyl (C=O) groups is 1. The minimum Gasteiger partial charge on any atom is -0.367 e. The van der Waals surface area contributed by atoms with Crippen LogP contribution in [-0.2, 0) is 6.54 Å². The van der Waals surface area contributed by atoms with Crippen molar-refractivity contribution in [3.63, 3.8) is 0 Å². The number of hydrogen-bond donors (Lipinski definition) is 3. The van der Waals surface area contributed by atoms with E-state index in [2.05, 4.69) is 20.5 Å². The standard InChI is InChI=1S/C13H12N4O/c18-13(15-7-9-3-4-14-6-9)10-1-2-12-11(5-10)8-16-17-12/h1-6,8,14H,7H2,(H,15,18)(H,16,17). The molecule has 0 bridgehead atoms. The van der Waals surface area contributed by atoms with Gasteiger partial charge in [-0.2, -0.15) is 5.10 Å². The lowest BCUT2D eigenvalue weighted by Gasteiger charge is -2.03. The molecule has 0 aliphatic rings. The molecule has 3 aromatic rings. The zero-order chi connectivity index (χ0) is 12.4. The van der Waals surface area contributed by atoms with Gasteiger partial charge < -0.3 is 10.3 Å². The summed E-state index contributed by atoms with van der Waals surface area (Å²) in [6.45, 7) is 0.520. The van der Waals surface area contributed by atoms with E-state index in [1.165, 1.54) is 0 Å². The first-order valence-electron chi connectivity index (χ1n) is 5.66. The summed E-state index contributed by atoms with van der Waals surface area (Å²) in [5, 5.41) is 10.6. The van der Waals surface area contributed by atoms with Gasteiger partial charge in [0.1, 0.15) is 0 Å². The number of aromatic nitrogens is 3. The van der Waals surface area contributed by atoms with Gasteiger partial charge in [0, 0.05) is 29.9 Å². The average Bonchev–Trinajstić information content (AvgIpc) is 3.05. The number of rotatable bonds is 3. The van der Waals surface area contributed by atoms with E-state index in [-0.39, 0.29) is 5.91 Å². The number of H-pyrrole nitrogens is 2. The summed E-state index contributed by atoms with van der Waals surface area (Å²) in [5.41, 5.74) is 2.62. The van der Waals surface area contributed by atoms with Crippen LogP contribution in [0.4, 0.5) is 0 Å². The molecule has 3 N–H and O–H groups in total. The maximum atomic E-state index is 12.0. The average molecular weight is 240 g/mol. The van der Waals surface area contributed by atoms with Crippen molar-refractivity contribution in [2.45, 2.75) is 6.54 Å². The van der Waals surface area contributed by atoms with E-state index < -0.39 is 0 Å². The summed E-state index contributed by atoms with van der Waals surface area (Å²) in [6, 6.07) is 7.39. The molecule has 0 unspecified atom stereocenters. The summed E-state index contributed by atoms with van der Waals surface area (Å²) >= 11 is 0. The van der Waals surface area contributed by atoms with E-state index in [9.17, 15) is 4.79 Å². The quantitative estimate of drug-likeness (QED) is 0.653. The molecule has 2 heterocycles. The maximum absolute atomic E-state index is 12.0. The third kappa shape index (κ3) is 1.98. The van der Waals surface area contributed by atoms with Gasteiger partial charge in [-0.3, -0.25) is 9.89 Å². The van der Waals surface area contributed by atoms with Crippen molar-refractivity contribution in [1.82, 2.24) is 20.5 Å². The molecule has 0 saturated carbocycles. The Labute approximate surface area is 103 Å². The van der Waals surface area contributed by atoms with E-state index in [1.807, 2.05) is 30.6 Å². The number of benzene rings is 1. The van der Waals surface area contributed by atoms with Crippen molar-refractivity contribution < 1.29 is 4.79 Å². The predicted molar refractivity (Wildman–Crippen MR) is 68.1 cm³/mol. The molecule has 0 atom stereocenters. The van der Waals surface area contributed by atoms with Crippen molar-refractivity contribution >= 4 is 16.8 Å². The fourth-order valence-corrected chi connectivity index (χ4v) is 1.84. The smallest absolute Gasteiger partial charge is 0.251 e. The lowest BCUT2D eigenvalue weighted by molar-refractivity contribution is 0.0951. The molecule has 5 heteroatoms. The van der Waals surface area contributed by atoms with Gasteiger partial charge in [-0.25, -0.2) is 0 Å². The Morgan fingerprint density at radius 2 is 2.28 bits per heavy atom. The first kappa shape index (κ1) is 10.6. The van der Waals surface area contributed by atoms with Crippen LogP contribution in [0.25, 0.3) is 10.9 Å². The fraction of sp³-hybridized carbons (Fsp3) is 0.0769.